The summed E-state index contributed by atoms with van der Waals surface area (Å²) in [5, 5.41) is 11.6. The Bertz CT molecular complexity index is 1180. The molecule has 0 aliphatic rings. The topological polar surface area (TPSA) is 72.8 Å². The van der Waals surface area contributed by atoms with Crippen molar-refractivity contribution in [2.75, 3.05) is 19.0 Å². The van der Waals surface area contributed by atoms with Crippen molar-refractivity contribution in [3.63, 3.8) is 0 Å². The summed E-state index contributed by atoms with van der Waals surface area (Å²) in [5.74, 6) is 0.266. The molecule has 0 fully saturated rings. The predicted molar refractivity (Wildman–Crippen MR) is 107 cm³/mol. The highest BCUT2D eigenvalue weighted by Gasteiger charge is 2.17. The monoisotopic (exact) mass is 393 g/mol. The highest BCUT2D eigenvalue weighted by atomic mass is 19.1. The molecule has 0 saturated heterocycles. The number of hydrogen-bond donors (Lipinski definition) is 1. The summed E-state index contributed by atoms with van der Waals surface area (Å²) >= 11 is 0. The smallest absolute Gasteiger partial charge is 0.182 e. The Hall–Kier alpha value is -3.68. The molecular formula is C21H17F2N5O. The van der Waals surface area contributed by atoms with Gasteiger partial charge in [0, 0.05) is 24.2 Å². The Morgan fingerprint density at radius 3 is 2.66 bits per heavy atom. The predicted octanol–water partition coefficient (Wildman–Crippen LogP) is 4.47. The first-order chi connectivity index (χ1) is 14.1. The van der Waals surface area contributed by atoms with Crippen molar-refractivity contribution >= 4 is 16.7 Å². The Labute approximate surface area is 165 Å². The molecule has 0 saturated carbocycles. The summed E-state index contributed by atoms with van der Waals surface area (Å²) in [7, 11) is 1.72. The lowest BCUT2D eigenvalue weighted by Crippen LogP contribution is -2.03. The fourth-order valence-corrected chi connectivity index (χ4v) is 3.07. The van der Waals surface area contributed by atoms with Gasteiger partial charge in [0.1, 0.15) is 34.4 Å². The van der Waals surface area contributed by atoms with Crippen LogP contribution in [-0.2, 0) is 0 Å². The van der Waals surface area contributed by atoms with E-state index in [1.165, 1.54) is 0 Å². The molecule has 0 bridgehead atoms. The van der Waals surface area contributed by atoms with Crippen molar-refractivity contribution in [3.8, 4) is 28.4 Å². The maximum atomic E-state index is 14.4. The number of nitrogens with one attached hydrogen (secondary N) is 1. The third-order valence-corrected chi connectivity index (χ3v) is 4.34. The number of benzene rings is 2. The van der Waals surface area contributed by atoms with Crippen LogP contribution in [0.1, 0.15) is 6.92 Å². The molecule has 1 N–H and O–H groups in total. The molecule has 2 aromatic heterocycles. The van der Waals surface area contributed by atoms with Gasteiger partial charge in [-0.3, -0.25) is 0 Å². The van der Waals surface area contributed by atoms with Crippen LogP contribution in [0, 0.1) is 11.6 Å². The fraction of sp³-hybridized carbons (Fsp3) is 0.143. The molecule has 8 heteroatoms. The van der Waals surface area contributed by atoms with E-state index in [1.807, 2.05) is 6.92 Å². The summed E-state index contributed by atoms with van der Waals surface area (Å²) < 4.78 is 33.9. The molecule has 0 atom stereocenters. The van der Waals surface area contributed by atoms with Crippen molar-refractivity contribution in [1.82, 2.24) is 20.2 Å². The summed E-state index contributed by atoms with van der Waals surface area (Å²) in [5.41, 5.74) is 1.64. The molecule has 0 radical (unpaired) electrons. The first kappa shape index (κ1) is 18.7. The van der Waals surface area contributed by atoms with Gasteiger partial charge >= 0.3 is 0 Å². The second-order valence-corrected chi connectivity index (χ2v) is 6.18. The number of halogens is 2. The SMILES string of the molecule is CCOc1cc(-c2cc(F)ccc2F)cc2c(NC)nc(-c3cccnn3)nc12. The average Bonchev–Trinajstić information content (AvgIpc) is 2.75. The van der Waals surface area contributed by atoms with Crippen molar-refractivity contribution in [2.24, 2.45) is 0 Å². The summed E-state index contributed by atoms with van der Waals surface area (Å²) in [4.78, 5) is 9.12. The molecule has 0 spiro atoms. The molecule has 4 rings (SSSR count). The van der Waals surface area contributed by atoms with Crippen LogP contribution in [-0.4, -0.2) is 33.8 Å². The molecular weight excluding hydrogens is 376 g/mol. The van der Waals surface area contributed by atoms with Gasteiger partial charge in [0.15, 0.2) is 5.82 Å². The lowest BCUT2D eigenvalue weighted by Gasteiger charge is -2.14. The number of aromatic nitrogens is 4. The van der Waals surface area contributed by atoms with Gasteiger partial charge in [-0.1, -0.05) is 0 Å². The molecule has 2 heterocycles. The molecule has 4 aromatic rings. The van der Waals surface area contributed by atoms with Crippen LogP contribution in [0.25, 0.3) is 33.5 Å². The minimum absolute atomic E-state index is 0.132. The van der Waals surface area contributed by atoms with Gasteiger partial charge in [0.2, 0.25) is 0 Å². The zero-order chi connectivity index (χ0) is 20.4. The fourth-order valence-electron chi connectivity index (χ4n) is 3.07. The molecule has 2 aromatic carbocycles. The Morgan fingerprint density at radius 1 is 1.07 bits per heavy atom. The summed E-state index contributed by atoms with van der Waals surface area (Å²) in [6, 6.07) is 10.2. The Morgan fingerprint density at radius 2 is 1.93 bits per heavy atom. The van der Waals surface area contributed by atoms with E-state index in [0.29, 0.717) is 46.2 Å². The minimum Gasteiger partial charge on any atom is -0.492 e. The molecule has 29 heavy (non-hydrogen) atoms. The normalized spacial score (nSPS) is 10.9. The van der Waals surface area contributed by atoms with Gasteiger partial charge in [-0.05, 0) is 55.0 Å². The molecule has 146 valence electrons. The highest BCUT2D eigenvalue weighted by molar-refractivity contribution is 5.97. The van der Waals surface area contributed by atoms with E-state index in [4.69, 9.17) is 4.74 Å². The van der Waals surface area contributed by atoms with Crippen LogP contribution in [0.4, 0.5) is 14.6 Å². The van der Waals surface area contributed by atoms with Crippen LogP contribution in [0.2, 0.25) is 0 Å². The lowest BCUT2D eigenvalue weighted by molar-refractivity contribution is 0.344. The van der Waals surface area contributed by atoms with Crippen LogP contribution >= 0.6 is 0 Å². The number of nitrogens with zero attached hydrogens (tertiary/aromatic N) is 4. The molecule has 0 aliphatic carbocycles. The van der Waals surface area contributed by atoms with E-state index in [-0.39, 0.29) is 5.56 Å². The number of rotatable bonds is 5. The average molecular weight is 393 g/mol. The lowest BCUT2D eigenvalue weighted by atomic mass is 10.0. The second-order valence-electron chi connectivity index (χ2n) is 6.18. The highest BCUT2D eigenvalue weighted by Crippen LogP contribution is 2.36. The van der Waals surface area contributed by atoms with Gasteiger partial charge in [-0.2, -0.15) is 5.10 Å². The van der Waals surface area contributed by atoms with E-state index in [1.54, 1.807) is 37.5 Å². The van der Waals surface area contributed by atoms with E-state index >= 15 is 0 Å². The van der Waals surface area contributed by atoms with Gasteiger partial charge in [-0.15, -0.1) is 5.10 Å². The van der Waals surface area contributed by atoms with Crippen molar-refractivity contribution < 1.29 is 13.5 Å². The number of fused-ring (bicyclic) bond motifs is 1. The van der Waals surface area contributed by atoms with E-state index in [2.05, 4.69) is 25.5 Å². The molecule has 6 nitrogen and oxygen atoms in total. The summed E-state index contributed by atoms with van der Waals surface area (Å²) in [6.07, 6.45) is 1.56. The van der Waals surface area contributed by atoms with Gasteiger partial charge in [0.25, 0.3) is 0 Å². The zero-order valence-electron chi connectivity index (χ0n) is 15.8. The Kier molecular flexibility index (Phi) is 4.99. The van der Waals surface area contributed by atoms with Crippen molar-refractivity contribution in [2.45, 2.75) is 6.92 Å². The van der Waals surface area contributed by atoms with Crippen molar-refractivity contribution in [3.05, 3.63) is 60.3 Å². The number of anilines is 1. The minimum atomic E-state index is -0.531. The zero-order valence-corrected chi connectivity index (χ0v) is 15.8. The number of hydrogen-bond acceptors (Lipinski definition) is 6. The molecule has 0 unspecified atom stereocenters. The molecule has 0 aliphatic heterocycles. The first-order valence-electron chi connectivity index (χ1n) is 9.00. The van der Waals surface area contributed by atoms with E-state index in [0.717, 1.165) is 18.2 Å². The van der Waals surface area contributed by atoms with Crippen LogP contribution < -0.4 is 10.1 Å². The van der Waals surface area contributed by atoms with Gasteiger partial charge in [0.05, 0.1) is 6.61 Å². The van der Waals surface area contributed by atoms with E-state index < -0.39 is 11.6 Å². The standard InChI is InChI=1S/C21H17F2N5O/c1-3-29-18-10-12(14-11-13(22)6-7-16(14)23)9-15-19(18)26-21(27-20(15)24-2)17-5-4-8-25-28-17/h4-11H,3H2,1-2H3,(H,24,26,27). The van der Waals surface area contributed by atoms with Crippen LogP contribution in [0.5, 0.6) is 5.75 Å². The number of ether oxygens (including phenoxy) is 1. The van der Waals surface area contributed by atoms with Crippen LogP contribution in [0.3, 0.4) is 0 Å². The Balaban J connectivity index is 2.00. The summed E-state index contributed by atoms with van der Waals surface area (Å²) in [6.45, 7) is 2.22. The maximum Gasteiger partial charge on any atom is 0.182 e. The van der Waals surface area contributed by atoms with Crippen molar-refractivity contribution in [1.29, 1.82) is 0 Å². The van der Waals surface area contributed by atoms with E-state index in [9.17, 15) is 8.78 Å². The third-order valence-electron chi connectivity index (χ3n) is 4.34. The third kappa shape index (κ3) is 3.56. The van der Waals surface area contributed by atoms with Gasteiger partial charge < -0.3 is 10.1 Å². The molecule has 0 amide bonds. The largest absolute Gasteiger partial charge is 0.492 e. The van der Waals surface area contributed by atoms with Gasteiger partial charge in [-0.25, -0.2) is 18.7 Å². The second kappa shape index (κ2) is 7.75. The van der Waals surface area contributed by atoms with Crippen LogP contribution in [0.15, 0.2) is 48.7 Å². The maximum absolute atomic E-state index is 14.4. The first-order valence-corrected chi connectivity index (χ1v) is 9.00. The quantitative estimate of drug-likeness (QED) is 0.539.